The summed E-state index contributed by atoms with van der Waals surface area (Å²) >= 11 is 7.14. The van der Waals surface area contributed by atoms with Gasteiger partial charge in [-0.25, -0.2) is 0 Å². The largest absolute Gasteiger partial charge is 0.489 e. The van der Waals surface area contributed by atoms with Crippen LogP contribution in [0.1, 0.15) is 22.3 Å². The van der Waals surface area contributed by atoms with E-state index in [1.807, 2.05) is 79.7 Å². The molecule has 1 aliphatic heterocycles. The zero-order valence-electron chi connectivity index (χ0n) is 16.9. The molecule has 0 bridgehead atoms. The topological polar surface area (TPSA) is 46.6 Å². The molecule has 0 N–H and O–H groups in total. The van der Waals surface area contributed by atoms with E-state index < -0.39 is 0 Å². The third-order valence-corrected chi connectivity index (χ3v) is 6.12. The number of thioether (sulfide) groups is 1. The fourth-order valence-electron chi connectivity index (χ4n) is 3.13. The van der Waals surface area contributed by atoms with Gasteiger partial charge in [-0.05, 0) is 54.1 Å². The first-order valence-electron chi connectivity index (χ1n) is 9.77. The van der Waals surface area contributed by atoms with E-state index >= 15 is 0 Å². The molecule has 3 aromatic rings. The van der Waals surface area contributed by atoms with Gasteiger partial charge in [0.2, 0.25) is 0 Å². The Bertz CT molecular complexity index is 1160. The van der Waals surface area contributed by atoms with Crippen molar-refractivity contribution in [3.8, 4) is 5.75 Å². The van der Waals surface area contributed by atoms with E-state index in [-0.39, 0.29) is 17.7 Å². The van der Waals surface area contributed by atoms with Crippen molar-refractivity contribution < 1.29 is 14.3 Å². The molecule has 156 valence electrons. The predicted molar refractivity (Wildman–Crippen MR) is 125 cm³/mol. The lowest BCUT2D eigenvalue weighted by Crippen LogP contribution is -2.27. The molecule has 4 nitrogen and oxygen atoms in total. The minimum absolute atomic E-state index is 0.261. The summed E-state index contributed by atoms with van der Waals surface area (Å²) < 4.78 is 5.85. The highest BCUT2D eigenvalue weighted by molar-refractivity contribution is 8.18. The van der Waals surface area contributed by atoms with Gasteiger partial charge in [-0.2, -0.15) is 0 Å². The molecule has 0 aromatic heterocycles. The van der Waals surface area contributed by atoms with Crippen molar-refractivity contribution in [2.24, 2.45) is 0 Å². The lowest BCUT2D eigenvalue weighted by Gasteiger charge is -2.12. The summed E-state index contributed by atoms with van der Waals surface area (Å²) in [5.41, 5.74) is 3.74. The highest BCUT2D eigenvalue weighted by Gasteiger charge is 2.34. The smallest absolute Gasteiger partial charge is 0.293 e. The van der Waals surface area contributed by atoms with Gasteiger partial charge in [0.25, 0.3) is 11.1 Å². The second kappa shape index (κ2) is 9.41. The molecule has 0 radical (unpaired) electrons. The van der Waals surface area contributed by atoms with Crippen molar-refractivity contribution in [1.82, 2.24) is 4.90 Å². The van der Waals surface area contributed by atoms with Gasteiger partial charge in [-0.3, -0.25) is 14.5 Å². The molecule has 0 aliphatic carbocycles. The number of ether oxygens (including phenoxy) is 1. The van der Waals surface area contributed by atoms with Crippen LogP contribution in [0.4, 0.5) is 4.79 Å². The number of carbonyl (C=O) groups excluding carboxylic acids is 2. The zero-order chi connectivity index (χ0) is 21.8. The molecular weight excluding hydrogens is 430 g/mol. The Labute approximate surface area is 190 Å². The second-order valence-electron chi connectivity index (χ2n) is 7.21. The van der Waals surface area contributed by atoms with Gasteiger partial charge in [-0.1, -0.05) is 71.8 Å². The molecule has 1 fully saturated rings. The molecule has 4 rings (SSSR count). The van der Waals surface area contributed by atoms with E-state index in [4.69, 9.17) is 16.3 Å². The molecule has 1 aliphatic rings. The van der Waals surface area contributed by atoms with Gasteiger partial charge in [0.1, 0.15) is 12.4 Å². The number of carbonyl (C=O) groups is 2. The Morgan fingerprint density at radius 1 is 1.00 bits per heavy atom. The van der Waals surface area contributed by atoms with Crippen molar-refractivity contribution in [3.05, 3.63) is 105 Å². The van der Waals surface area contributed by atoms with Crippen LogP contribution in [0, 0.1) is 6.92 Å². The Kier molecular flexibility index (Phi) is 6.44. The van der Waals surface area contributed by atoms with E-state index in [0.717, 1.165) is 34.0 Å². The lowest BCUT2D eigenvalue weighted by atomic mass is 10.1. The van der Waals surface area contributed by atoms with Gasteiger partial charge in [0.05, 0.1) is 11.4 Å². The third kappa shape index (κ3) is 5.19. The minimum Gasteiger partial charge on any atom is -0.489 e. The second-order valence-corrected chi connectivity index (χ2v) is 8.61. The first-order valence-corrected chi connectivity index (χ1v) is 11.0. The molecule has 3 aromatic carbocycles. The number of halogens is 1. The fraction of sp³-hybridized carbons (Fsp3) is 0.120. The van der Waals surface area contributed by atoms with Crippen molar-refractivity contribution >= 4 is 40.6 Å². The summed E-state index contributed by atoms with van der Waals surface area (Å²) in [7, 11) is 0. The normalized spacial score (nSPS) is 15.0. The van der Waals surface area contributed by atoms with Gasteiger partial charge in [-0.15, -0.1) is 0 Å². The number of imide groups is 1. The highest BCUT2D eigenvalue weighted by atomic mass is 35.5. The fourth-order valence-corrected chi connectivity index (χ4v) is 4.16. The maximum atomic E-state index is 12.8. The molecule has 0 spiro atoms. The summed E-state index contributed by atoms with van der Waals surface area (Å²) in [5, 5.41) is 0.392. The summed E-state index contributed by atoms with van der Waals surface area (Å²) in [6, 6.07) is 22.7. The van der Waals surface area contributed by atoms with Crippen LogP contribution in [0.5, 0.6) is 5.75 Å². The Balaban J connectivity index is 1.46. The van der Waals surface area contributed by atoms with Gasteiger partial charge in [0, 0.05) is 10.6 Å². The standard InChI is InChI=1S/C25H20ClNO3S/c1-17-9-11-18(12-10-17)15-27-24(28)23(31-25(27)29)14-19-5-4-7-21(13-19)30-16-20-6-2-3-8-22(20)26/h2-14H,15-16H2,1H3/b23-14+. The Hall–Kier alpha value is -3.02. The number of nitrogens with zero attached hydrogens (tertiary/aromatic N) is 1. The van der Waals surface area contributed by atoms with Crippen LogP contribution < -0.4 is 4.74 Å². The van der Waals surface area contributed by atoms with E-state index in [1.54, 1.807) is 6.08 Å². The van der Waals surface area contributed by atoms with Crippen LogP contribution in [0.15, 0.2) is 77.7 Å². The minimum atomic E-state index is -0.280. The average molecular weight is 450 g/mol. The molecule has 0 saturated carbocycles. The molecule has 6 heteroatoms. The number of amides is 2. The number of hydrogen-bond donors (Lipinski definition) is 0. The predicted octanol–water partition coefficient (Wildman–Crippen LogP) is 6.46. The third-order valence-electron chi connectivity index (χ3n) is 4.84. The van der Waals surface area contributed by atoms with Gasteiger partial charge >= 0.3 is 0 Å². The quantitative estimate of drug-likeness (QED) is 0.405. The van der Waals surface area contributed by atoms with Crippen molar-refractivity contribution in [3.63, 3.8) is 0 Å². The molecular formula is C25H20ClNO3S. The van der Waals surface area contributed by atoms with E-state index in [0.29, 0.717) is 22.3 Å². The summed E-state index contributed by atoms with van der Waals surface area (Å²) in [4.78, 5) is 26.9. The molecule has 1 saturated heterocycles. The Morgan fingerprint density at radius 2 is 1.77 bits per heavy atom. The van der Waals surface area contributed by atoms with Crippen LogP contribution in [-0.4, -0.2) is 16.0 Å². The summed E-state index contributed by atoms with van der Waals surface area (Å²) in [5.74, 6) is 0.380. The molecule has 2 amide bonds. The average Bonchev–Trinajstić information content (AvgIpc) is 3.02. The van der Waals surface area contributed by atoms with Crippen LogP contribution in [0.25, 0.3) is 6.08 Å². The van der Waals surface area contributed by atoms with Crippen LogP contribution in [0.3, 0.4) is 0 Å². The summed E-state index contributed by atoms with van der Waals surface area (Å²) in [6.45, 7) is 2.61. The van der Waals surface area contributed by atoms with Crippen LogP contribution in [0.2, 0.25) is 5.02 Å². The Morgan fingerprint density at radius 3 is 2.55 bits per heavy atom. The SMILES string of the molecule is Cc1ccc(CN2C(=O)S/C(=C/c3cccc(OCc4ccccc4Cl)c3)C2=O)cc1. The highest BCUT2D eigenvalue weighted by Crippen LogP contribution is 2.33. The van der Waals surface area contributed by atoms with E-state index in [1.165, 1.54) is 4.90 Å². The molecule has 1 heterocycles. The number of rotatable bonds is 6. The van der Waals surface area contributed by atoms with E-state index in [2.05, 4.69) is 0 Å². The first-order chi connectivity index (χ1) is 15.0. The lowest BCUT2D eigenvalue weighted by molar-refractivity contribution is -0.123. The molecule has 0 atom stereocenters. The van der Waals surface area contributed by atoms with Crippen molar-refractivity contribution in [2.45, 2.75) is 20.1 Å². The maximum Gasteiger partial charge on any atom is 0.293 e. The van der Waals surface area contributed by atoms with Crippen molar-refractivity contribution in [2.75, 3.05) is 0 Å². The van der Waals surface area contributed by atoms with Crippen LogP contribution in [-0.2, 0) is 17.9 Å². The maximum absolute atomic E-state index is 12.8. The first kappa shape index (κ1) is 21.2. The number of hydrogen-bond acceptors (Lipinski definition) is 4. The summed E-state index contributed by atoms with van der Waals surface area (Å²) in [6.07, 6.45) is 1.72. The monoisotopic (exact) mass is 449 g/mol. The molecule has 0 unspecified atom stereocenters. The van der Waals surface area contributed by atoms with Gasteiger partial charge < -0.3 is 4.74 Å². The number of aryl methyl sites for hydroxylation is 1. The van der Waals surface area contributed by atoms with E-state index in [9.17, 15) is 9.59 Å². The molecule has 31 heavy (non-hydrogen) atoms. The van der Waals surface area contributed by atoms with Crippen LogP contribution >= 0.6 is 23.4 Å². The number of benzene rings is 3. The zero-order valence-corrected chi connectivity index (χ0v) is 18.5. The van der Waals surface area contributed by atoms with Gasteiger partial charge in [0.15, 0.2) is 0 Å². The van der Waals surface area contributed by atoms with Crippen molar-refractivity contribution in [1.29, 1.82) is 0 Å².